The number of piperidine rings is 1. The molecule has 140 valence electrons. The average molecular weight is 355 g/mol. The number of nitrogens with one attached hydrogen (secondary N) is 1. The highest BCUT2D eigenvalue weighted by molar-refractivity contribution is 6.21. The van der Waals surface area contributed by atoms with E-state index in [1.54, 1.807) is 0 Å². The first-order chi connectivity index (χ1) is 12.5. The maximum Gasteiger partial charge on any atom is 0.163 e. The van der Waals surface area contributed by atoms with Crippen LogP contribution in [0.5, 0.6) is 0 Å². The van der Waals surface area contributed by atoms with Gasteiger partial charge in [-0.2, -0.15) is 0 Å². The van der Waals surface area contributed by atoms with Crippen LogP contribution in [0.1, 0.15) is 56.9 Å². The highest BCUT2D eigenvalue weighted by Crippen LogP contribution is 2.34. The number of fused-ring (bicyclic) bond motifs is 1. The van der Waals surface area contributed by atoms with Crippen molar-refractivity contribution in [2.75, 3.05) is 19.6 Å². The maximum atomic E-state index is 12.3. The van der Waals surface area contributed by atoms with E-state index < -0.39 is 6.10 Å². The Morgan fingerprint density at radius 3 is 2.62 bits per heavy atom. The third kappa shape index (κ3) is 3.69. The number of allylic oxidation sites excluding steroid dienone is 2. The molecule has 1 aromatic heterocycles. The van der Waals surface area contributed by atoms with E-state index in [-0.39, 0.29) is 5.78 Å². The van der Waals surface area contributed by atoms with E-state index in [1.165, 1.54) is 26.2 Å². The van der Waals surface area contributed by atoms with Crippen LogP contribution in [0, 0.1) is 0 Å². The van der Waals surface area contributed by atoms with Gasteiger partial charge in [0, 0.05) is 28.7 Å². The summed E-state index contributed by atoms with van der Waals surface area (Å²) >= 11 is 0. The predicted octanol–water partition coefficient (Wildman–Crippen LogP) is 3.36. The molecule has 1 aliphatic heterocycles. The van der Waals surface area contributed by atoms with Crippen molar-refractivity contribution in [2.24, 2.45) is 5.73 Å². The molecule has 2 heterocycles. The molecule has 1 fully saturated rings. The molecule has 0 spiro atoms. The molecule has 0 aliphatic carbocycles. The lowest BCUT2D eigenvalue weighted by Gasteiger charge is -2.29. The number of aliphatic hydroxyl groups excluding tert-OH is 1. The second-order valence-corrected chi connectivity index (χ2v) is 7.15. The number of para-hydroxylation sites is 1. The van der Waals surface area contributed by atoms with E-state index in [2.05, 4.69) is 9.88 Å². The van der Waals surface area contributed by atoms with Crippen molar-refractivity contribution in [3.05, 3.63) is 41.2 Å². The number of carbonyl (C=O) groups is 1. The number of aromatic nitrogens is 1. The van der Waals surface area contributed by atoms with Gasteiger partial charge in [0.2, 0.25) is 0 Å². The van der Waals surface area contributed by atoms with Gasteiger partial charge in [0.1, 0.15) is 0 Å². The quantitative estimate of drug-likeness (QED) is 0.694. The number of nitrogens with two attached hydrogens (primary N) is 1. The van der Waals surface area contributed by atoms with E-state index in [1.807, 2.05) is 31.2 Å². The third-order valence-electron chi connectivity index (χ3n) is 5.26. The number of hydrogen-bond donors (Lipinski definition) is 3. The summed E-state index contributed by atoms with van der Waals surface area (Å²) in [7, 11) is 0. The highest BCUT2D eigenvalue weighted by Gasteiger charge is 2.26. The number of carbonyl (C=O) groups excluding carboxylic acids is 1. The highest BCUT2D eigenvalue weighted by atomic mass is 16.3. The summed E-state index contributed by atoms with van der Waals surface area (Å²) in [5.74, 6) is -0.0812. The number of nitrogens with zero attached hydrogens (tertiary/aromatic N) is 1. The molecule has 5 heteroatoms. The van der Waals surface area contributed by atoms with Crippen molar-refractivity contribution in [3.63, 3.8) is 0 Å². The van der Waals surface area contributed by atoms with Gasteiger partial charge in [-0.1, -0.05) is 31.5 Å². The summed E-state index contributed by atoms with van der Waals surface area (Å²) in [5.41, 5.74) is 9.59. The van der Waals surface area contributed by atoms with Crippen LogP contribution in [-0.2, 0) is 4.79 Å². The number of β-amino-alcohol motifs (C(OH)–C–C–N with tert-alkyl or cyclic N) is 1. The fourth-order valence-electron chi connectivity index (χ4n) is 3.92. The molecule has 1 unspecified atom stereocenters. The number of H-pyrrole nitrogens is 1. The first-order valence-corrected chi connectivity index (χ1v) is 9.53. The number of aromatic amines is 1. The summed E-state index contributed by atoms with van der Waals surface area (Å²) in [4.78, 5) is 18.0. The summed E-state index contributed by atoms with van der Waals surface area (Å²) in [6.07, 6.45) is 3.53. The standard InChI is InChI=1S/C21H29N3O2/c1-3-16(22)19(14(2)25)21-20(15-9-5-6-10-17(15)23-21)18(26)13-24-11-7-4-8-12-24/h5-6,9-10,18,23,26H,3-4,7-8,11-13,22H2,1-2H3/b19-16+. The zero-order valence-electron chi connectivity index (χ0n) is 15.7. The smallest absolute Gasteiger partial charge is 0.163 e. The summed E-state index contributed by atoms with van der Waals surface area (Å²) in [5, 5.41) is 12.0. The average Bonchev–Trinajstić information content (AvgIpc) is 3.01. The topological polar surface area (TPSA) is 82.3 Å². The number of rotatable bonds is 6. The molecule has 0 amide bonds. The molecule has 1 atom stereocenters. The van der Waals surface area contributed by atoms with E-state index in [0.717, 1.165) is 29.6 Å². The Balaban J connectivity index is 2.08. The second kappa shape index (κ2) is 8.06. The van der Waals surface area contributed by atoms with E-state index in [4.69, 9.17) is 5.73 Å². The summed E-state index contributed by atoms with van der Waals surface area (Å²) < 4.78 is 0. The lowest BCUT2D eigenvalue weighted by molar-refractivity contribution is -0.111. The van der Waals surface area contributed by atoms with Crippen LogP contribution in [0.4, 0.5) is 0 Å². The third-order valence-corrected chi connectivity index (χ3v) is 5.26. The van der Waals surface area contributed by atoms with Crippen molar-refractivity contribution in [3.8, 4) is 0 Å². The molecule has 0 radical (unpaired) electrons. The molecular weight excluding hydrogens is 326 g/mol. The van der Waals surface area contributed by atoms with Gasteiger partial charge >= 0.3 is 0 Å². The number of Topliss-reactive ketones (excluding diaryl/α,β-unsaturated/α-hetero) is 1. The number of hydrogen-bond acceptors (Lipinski definition) is 4. The summed E-state index contributed by atoms with van der Waals surface area (Å²) in [6, 6.07) is 7.86. The van der Waals surface area contributed by atoms with Gasteiger partial charge in [-0.05, 0) is 45.3 Å². The van der Waals surface area contributed by atoms with Crippen LogP contribution in [0.2, 0.25) is 0 Å². The minimum absolute atomic E-state index is 0.0812. The summed E-state index contributed by atoms with van der Waals surface area (Å²) in [6.45, 7) is 6.07. The molecule has 26 heavy (non-hydrogen) atoms. The lowest BCUT2D eigenvalue weighted by Crippen LogP contribution is -2.33. The van der Waals surface area contributed by atoms with Crippen molar-refractivity contribution < 1.29 is 9.90 Å². The van der Waals surface area contributed by atoms with Crippen LogP contribution in [-0.4, -0.2) is 40.4 Å². The second-order valence-electron chi connectivity index (χ2n) is 7.15. The van der Waals surface area contributed by atoms with Gasteiger partial charge in [0.15, 0.2) is 5.78 Å². The monoisotopic (exact) mass is 355 g/mol. The molecule has 1 saturated heterocycles. The van der Waals surface area contributed by atoms with E-state index in [9.17, 15) is 9.90 Å². The minimum Gasteiger partial charge on any atom is -0.401 e. The van der Waals surface area contributed by atoms with Crippen LogP contribution in [0.25, 0.3) is 16.5 Å². The van der Waals surface area contributed by atoms with Crippen molar-refractivity contribution in [2.45, 2.75) is 45.6 Å². The van der Waals surface area contributed by atoms with Gasteiger partial charge in [0.25, 0.3) is 0 Å². The number of aliphatic hydroxyl groups is 1. The largest absolute Gasteiger partial charge is 0.401 e. The molecular formula is C21H29N3O2. The first kappa shape index (κ1) is 18.7. The van der Waals surface area contributed by atoms with Crippen LogP contribution < -0.4 is 5.73 Å². The minimum atomic E-state index is -0.668. The Hall–Kier alpha value is -2.11. The molecule has 2 aromatic rings. The Kier molecular flexibility index (Phi) is 5.79. The van der Waals surface area contributed by atoms with Crippen molar-refractivity contribution in [1.29, 1.82) is 0 Å². The molecule has 1 aromatic carbocycles. The molecule has 0 saturated carbocycles. The SMILES string of the molecule is CC/C(N)=C(/C(C)=O)c1[nH]c2ccccc2c1C(O)CN1CCCCC1. The Morgan fingerprint density at radius 1 is 1.27 bits per heavy atom. The molecule has 0 bridgehead atoms. The van der Waals surface area contributed by atoms with Crippen LogP contribution in [0.3, 0.4) is 0 Å². The van der Waals surface area contributed by atoms with Gasteiger partial charge < -0.3 is 20.7 Å². The Morgan fingerprint density at radius 2 is 1.96 bits per heavy atom. The number of ketones is 1. The normalized spacial score (nSPS) is 18.0. The van der Waals surface area contributed by atoms with Crippen LogP contribution in [0.15, 0.2) is 30.0 Å². The van der Waals surface area contributed by atoms with E-state index >= 15 is 0 Å². The Labute approximate surface area is 154 Å². The maximum absolute atomic E-state index is 12.3. The van der Waals surface area contributed by atoms with Gasteiger partial charge in [-0.25, -0.2) is 0 Å². The van der Waals surface area contributed by atoms with Crippen LogP contribution >= 0.6 is 0 Å². The Bertz CT molecular complexity index is 816. The van der Waals surface area contributed by atoms with Crippen molar-refractivity contribution in [1.82, 2.24) is 9.88 Å². The molecule has 4 N–H and O–H groups in total. The van der Waals surface area contributed by atoms with Gasteiger partial charge in [-0.3, -0.25) is 4.79 Å². The van der Waals surface area contributed by atoms with Crippen molar-refractivity contribution >= 4 is 22.3 Å². The van der Waals surface area contributed by atoms with Gasteiger partial charge in [-0.15, -0.1) is 0 Å². The fourth-order valence-corrected chi connectivity index (χ4v) is 3.92. The molecule has 3 rings (SSSR count). The molecule has 5 nitrogen and oxygen atoms in total. The van der Waals surface area contributed by atoms with E-state index in [0.29, 0.717) is 29.9 Å². The zero-order chi connectivity index (χ0) is 18.7. The zero-order valence-corrected chi connectivity index (χ0v) is 15.7. The fraction of sp³-hybridized carbons (Fsp3) is 0.476. The number of benzene rings is 1. The lowest BCUT2D eigenvalue weighted by atomic mass is 9.96. The van der Waals surface area contributed by atoms with Gasteiger partial charge in [0.05, 0.1) is 17.4 Å². The predicted molar refractivity (Wildman–Crippen MR) is 106 cm³/mol. The molecule has 1 aliphatic rings. The first-order valence-electron chi connectivity index (χ1n) is 9.53. The number of likely N-dealkylation sites (tertiary alicyclic amines) is 1.